The van der Waals surface area contributed by atoms with Crippen LogP contribution in [-0.4, -0.2) is 10.9 Å². The molecule has 0 saturated carbocycles. The second-order valence-electron chi connectivity index (χ2n) is 6.10. The van der Waals surface area contributed by atoms with E-state index in [2.05, 4.69) is 11.4 Å². The van der Waals surface area contributed by atoms with Crippen LogP contribution in [-0.2, 0) is 0 Å². The molecule has 4 rings (SSSR count). The van der Waals surface area contributed by atoms with Gasteiger partial charge in [0.05, 0.1) is 27.2 Å². The van der Waals surface area contributed by atoms with Crippen LogP contribution >= 0.6 is 22.7 Å². The van der Waals surface area contributed by atoms with Gasteiger partial charge in [-0.1, -0.05) is 24.3 Å². The Labute approximate surface area is 164 Å². The topological polar surface area (TPSA) is 65.8 Å². The number of nitrogens with zero attached hydrogens (tertiary/aromatic N) is 2. The third kappa shape index (κ3) is 3.12. The largest absolute Gasteiger partial charge is 0.312 e. The fraction of sp³-hybridized carbons (Fsp3) is 0.0952. The number of rotatable bonds is 3. The van der Waals surface area contributed by atoms with E-state index >= 15 is 0 Å². The van der Waals surface area contributed by atoms with Gasteiger partial charge in [-0.25, -0.2) is 4.98 Å². The lowest BCUT2D eigenvalue weighted by molar-refractivity contribution is 0.102. The summed E-state index contributed by atoms with van der Waals surface area (Å²) >= 11 is 3.01. The molecule has 27 heavy (non-hydrogen) atoms. The van der Waals surface area contributed by atoms with Crippen LogP contribution in [0.5, 0.6) is 0 Å². The highest BCUT2D eigenvalue weighted by atomic mass is 32.1. The lowest BCUT2D eigenvalue weighted by Gasteiger charge is -2.09. The molecule has 0 unspecified atom stereocenters. The molecule has 4 nitrogen and oxygen atoms in total. The molecule has 1 amide bonds. The molecule has 3 aromatic heterocycles. The van der Waals surface area contributed by atoms with Crippen molar-refractivity contribution in [3.05, 3.63) is 69.4 Å². The van der Waals surface area contributed by atoms with Gasteiger partial charge in [-0.2, -0.15) is 5.26 Å². The quantitative estimate of drug-likeness (QED) is 0.484. The summed E-state index contributed by atoms with van der Waals surface area (Å²) in [6.07, 6.45) is 0. The molecule has 0 aliphatic heterocycles. The predicted octanol–water partition coefficient (Wildman–Crippen LogP) is 5.77. The number of benzene rings is 1. The van der Waals surface area contributed by atoms with Gasteiger partial charge in [0.25, 0.3) is 5.91 Å². The SMILES string of the molecule is Cc1sc(NC(=O)c2cc(-c3cccs3)nc3ccccc23)c(C#N)c1C. The molecular formula is C21H15N3OS2. The number of nitriles is 1. The molecule has 0 radical (unpaired) electrons. The Morgan fingerprint density at radius 2 is 2.00 bits per heavy atom. The van der Waals surface area contributed by atoms with Crippen LogP contribution in [0, 0.1) is 25.2 Å². The first-order valence-corrected chi connectivity index (χ1v) is 10.0. The third-order valence-electron chi connectivity index (χ3n) is 4.46. The zero-order valence-electron chi connectivity index (χ0n) is 14.7. The monoisotopic (exact) mass is 389 g/mol. The fourth-order valence-electron chi connectivity index (χ4n) is 2.93. The van der Waals surface area contributed by atoms with Gasteiger partial charge in [-0.3, -0.25) is 4.79 Å². The summed E-state index contributed by atoms with van der Waals surface area (Å²) in [5, 5.41) is 15.7. The van der Waals surface area contributed by atoms with E-state index < -0.39 is 0 Å². The maximum absolute atomic E-state index is 13.1. The molecule has 4 aromatic rings. The van der Waals surface area contributed by atoms with E-state index in [0.717, 1.165) is 31.9 Å². The van der Waals surface area contributed by atoms with Gasteiger partial charge in [0, 0.05) is 10.3 Å². The molecule has 6 heteroatoms. The first-order valence-electron chi connectivity index (χ1n) is 8.33. The van der Waals surface area contributed by atoms with E-state index in [1.54, 1.807) is 11.3 Å². The number of anilines is 1. The minimum atomic E-state index is -0.232. The molecule has 0 bridgehead atoms. The fourth-order valence-corrected chi connectivity index (χ4v) is 4.63. The van der Waals surface area contributed by atoms with Crippen molar-refractivity contribution in [2.45, 2.75) is 13.8 Å². The highest BCUT2D eigenvalue weighted by Gasteiger charge is 2.18. The number of aryl methyl sites for hydroxylation is 1. The minimum Gasteiger partial charge on any atom is -0.312 e. The van der Waals surface area contributed by atoms with Gasteiger partial charge in [0.1, 0.15) is 11.1 Å². The van der Waals surface area contributed by atoms with Gasteiger partial charge in [-0.05, 0) is 43.0 Å². The van der Waals surface area contributed by atoms with Gasteiger partial charge < -0.3 is 5.32 Å². The zero-order valence-corrected chi connectivity index (χ0v) is 16.4. The predicted molar refractivity (Wildman–Crippen MR) is 112 cm³/mol. The molecule has 132 valence electrons. The average Bonchev–Trinajstić information content (AvgIpc) is 3.30. The van der Waals surface area contributed by atoms with Crippen LogP contribution in [0.2, 0.25) is 0 Å². The van der Waals surface area contributed by atoms with Crippen molar-refractivity contribution in [2.24, 2.45) is 0 Å². The normalized spacial score (nSPS) is 10.7. The molecule has 0 aliphatic rings. The Morgan fingerprint density at radius 1 is 1.19 bits per heavy atom. The highest BCUT2D eigenvalue weighted by molar-refractivity contribution is 7.16. The minimum absolute atomic E-state index is 0.232. The van der Waals surface area contributed by atoms with Crippen LogP contribution in [0.25, 0.3) is 21.5 Å². The van der Waals surface area contributed by atoms with Crippen LogP contribution in [0.3, 0.4) is 0 Å². The highest BCUT2D eigenvalue weighted by Crippen LogP contribution is 2.33. The number of para-hydroxylation sites is 1. The summed E-state index contributed by atoms with van der Waals surface area (Å²) in [4.78, 5) is 19.8. The Bertz CT molecular complexity index is 1200. The van der Waals surface area contributed by atoms with E-state index in [1.807, 2.05) is 61.7 Å². The lowest BCUT2D eigenvalue weighted by atomic mass is 10.1. The Balaban J connectivity index is 1.82. The molecule has 0 fully saturated rings. The first-order chi connectivity index (χ1) is 13.1. The van der Waals surface area contributed by atoms with Crippen molar-refractivity contribution < 1.29 is 4.79 Å². The van der Waals surface area contributed by atoms with Gasteiger partial charge >= 0.3 is 0 Å². The average molecular weight is 390 g/mol. The number of amides is 1. The summed E-state index contributed by atoms with van der Waals surface area (Å²) in [6.45, 7) is 3.85. The lowest BCUT2D eigenvalue weighted by Crippen LogP contribution is -2.13. The van der Waals surface area contributed by atoms with Crippen molar-refractivity contribution in [1.82, 2.24) is 4.98 Å². The maximum Gasteiger partial charge on any atom is 0.257 e. The number of pyridine rings is 1. The smallest absolute Gasteiger partial charge is 0.257 e. The summed E-state index contributed by atoms with van der Waals surface area (Å²) in [6, 6.07) is 15.6. The van der Waals surface area contributed by atoms with E-state index in [0.29, 0.717) is 16.1 Å². The van der Waals surface area contributed by atoms with Crippen LogP contribution in [0.1, 0.15) is 26.4 Å². The zero-order chi connectivity index (χ0) is 19.0. The Morgan fingerprint density at radius 3 is 2.74 bits per heavy atom. The number of thiophene rings is 2. The van der Waals surface area contributed by atoms with Crippen molar-refractivity contribution in [2.75, 3.05) is 5.32 Å². The Hall–Kier alpha value is -3.01. The van der Waals surface area contributed by atoms with Gasteiger partial charge in [0.15, 0.2) is 0 Å². The number of carbonyl (C=O) groups excluding carboxylic acids is 1. The summed E-state index contributed by atoms with van der Waals surface area (Å²) in [5.41, 5.74) is 3.54. The second kappa shape index (κ2) is 6.95. The molecule has 0 saturated heterocycles. The van der Waals surface area contributed by atoms with Crippen LogP contribution < -0.4 is 5.32 Å². The number of fused-ring (bicyclic) bond motifs is 1. The summed E-state index contributed by atoms with van der Waals surface area (Å²) in [7, 11) is 0. The molecule has 0 aliphatic carbocycles. The summed E-state index contributed by atoms with van der Waals surface area (Å²) in [5.74, 6) is -0.232. The molecule has 0 atom stereocenters. The van der Waals surface area contributed by atoms with E-state index in [1.165, 1.54) is 11.3 Å². The van der Waals surface area contributed by atoms with Crippen molar-refractivity contribution in [3.63, 3.8) is 0 Å². The third-order valence-corrected chi connectivity index (χ3v) is 6.47. The van der Waals surface area contributed by atoms with Crippen LogP contribution in [0.4, 0.5) is 5.00 Å². The van der Waals surface area contributed by atoms with Crippen molar-refractivity contribution in [3.8, 4) is 16.6 Å². The summed E-state index contributed by atoms with van der Waals surface area (Å²) < 4.78 is 0. The molecule has 1 N–H and O–H groups in total. The molecule has 1 aromatic carbocycles. The molecule has 0 spiro atoms. The van der Waals surface area contributed by atoms with Gasteiger partial charge in [-0.15, -0.1) is 22.7 Å². The maximum atomic E-state index is 13.1. The molecular weight excluding hydrogens is 374 g/mol. The Kier molecular flexibility index (Phi) is 4.48. The number of hydrogen-bond donors (Lipinski definition) is 1. The standard InChI is InChI=1S/C21H15N3OS2/c1-12-13(2)27-21(16(12)11-22)24-20(25)15-10-18(19-8-5-9-26-19)23-17-7-4-3-6-14(15)17/h3-10H,1-2H3,(H,24,25). The van der Waals surface area contributed by atoms with E-state index in [9.17, 15) is 10.1 Å². The number of aromatic nitrogens is 1. The first kappa shape index (κ1) is 17.4. The van der Waals surface area contributed by atoms with E-state index in [-0.39, 0.29) is 5.91 Å². The van der Waals surface area contributed by atoms with Crippen molar-refractivity contribution in [1.29, 1.82) is 5.26 Å². The van der Waals surface area contributed by atoms with Crippen LogP contribution in [0.15, 0.2) is 47.8 Å². The number of carbonyl (C=O) groups is 1. The van der Waals surface area contributed by atoms with Crippen molar-refractivity contribution >= 4 is 44.5 Å². The second-order valence-corrected chi connectivity index (χ2v) is 8.28. The number of nitrogens with one attached hydrogen (secondary N) is 1. The number of hydrogen-bond acceptors (Lipinski definition) is 5. The van der Waals surface area contributed by atoms with E-state index in [4.69, 9.17) is 4.98 Å². The molecule has 3 heterocycles. The van der Waals surface area contributed by atoms with Gasteiger partial charge in [0.2, 0.25) is 0 Å².